The van der Waals surface area contributed by atoms with Gasteiger partial charge in [-0.25, -0.2) is 13.6 Å². The Morgan fingerprint density at radius 1 is 0.815 bits per heavy atom. The van der Waals surface area contributed by atoms with Crippen LogP contribution in [-0.4, -0.2) is 13.0 Å². The zero-order valence-electron chi connectivity index (χ0n) is 14.7. The van der Waals surface area contributed by atoms with Gasteiger partial charge in [0.15, 0.2) is 0 Å². The molecule has 6 heteroatoms. The van der Waals surface area contributed by atoms with Crippen LogP contribution in [0.4, 0.5) is 0 Å². The zero-order valence-corrected chi connectivity index (χ0v) is 16.3. The molecular formula is C21H18N2O2S2. The summed E-state index contributed by atoms with van der Waals surface area (Å²) in [5.41, 5.74) is 6.51. The number of benzene rings is 2. The van der Waals surface area contributed by atoms with E-state index >= 15 is 0 Å². The molecule has 0 bridgehead atoms. The SMILES string of the molecule is Cc1ccc(-c2ccc(-c3ccsc3)cc2)n1-c1ccc(S(N)(=O)=O)cc1. The summed E-state index contributed by atoms with van der Waals surface area (Å²) in [4.78, 5) is 0.109. The van der Waals surface area contributed by atoms with Crippen molar-refractivity contribution in [1.29, 1.82) is 0 Å². The minimum absolute atomic E-state index is 0.109. The smallest absolute Gasteiger partial charge is 0.238 e. The predicted octanol–water partition coefficient (Wildman–Crippen LogP) is 4.83. The van der Waals surface area contributed by atoms with Crippen LogP contribution in [-0.2, 0) is 10.0 Å². The first-order chi connectivity index (χ1) is 12.9. The number of primary sulfonamides is 1. The van der Waals surface area contributed by atoms with Crippen molar-refractivity contribution in [3.05, 3.63) is 83.2 Å². The van der Waals surface area contributed by atoms with E-state index in [1.54, 1.807) is 23.5 Å². The Balaban J connectivity index is 1.74. The number of rotatable bonds is 4. The van der Waals surface area contributed by atoms with Gasteiger partial charge in [-0.15, -0.1) is 0 Å². The van der Waals surface area contributed by atoms with Gasteiger partial charge in [-0.05, 0) is 76.8 Å². The van der Waals surface area contributed by atoms with Gasteiger partial charge in [0.2, 0.25) is 10.0 Å². The quantitative estimate of drug-likeness (QED) is 0.539. The molecule has 0 atom stereocenters. The molecule has 0 aliphatic heterocycles. The molecule has 0 aliphatic carbocycles. The Bertz CT molecular complexity index is 1170. The highest BCUT2D eigenvalue weighted by Gasteiger charge is 2.12. The normalized spacial score (nSPS) is 11.6. The Morgan fingerprint density at radius 2 is 1.48 bits per heavy atom. The molecule has 0 radical (unpaired) electrons. The highest BCUT2D eigenvalue weighted by molar-refractivity contribution is 7.89. The number of sulfonamides is 1. The van der Waals surface area contributed by atoms with E-state index in [1.165, 1.54) is 23.3 Å². The molecule has 0 saturated heterocycles. The maximum Gasteiger partial charge on any atom is 0.238 e. The van der Waals surface area contributed by atoms with Crippen LogP contribution in [0.15, 0.2) is 82.4 Å². The van der Waals surface area contributed by atoms with Gasteiger partial charge in [-0.2, -0.15) is 11.3 Å². The van der Waals surface area contributed by atoms with Crippen LogP contribution in [0.5, 0.6) is 0 Å². The summed E-state index contributed by atoms with van der Waals surface area (Å²) in [7, 11) is -3.70. The number of aromatic nitrogens is 1. The third-order valence-electron chi connectivity index (χ3n) is 4.53. The van der Waals surface area contributed by atoms with Gasteiger partial charge in [-0.3, -0.25) is 0 Å². The van der Waals surface area contributed by atoms with E-state index in [1.807, 2.05) is 6.92 Å². The Hall–Kier alpha value is -2.67. The standard InChI is InChI=1S/C21H18N2O2S2/c1-15-2-11-21(17-5-3-16(4-6-17)18-12-13-26-14-18)23(15)19-7-9-20(10-8-19)27(22,24)25/h2-14H,1H3,(H2,22,24,25). The van der Waals surface area contributed by atoms with E-state index in [4.69, 9.17) is 5.14 Å². The zero-order chi connectivity index (χ0) is 19.0. The molecule has 4 rings (SSSR count). The second kappa shape index (κ2) is 6.81. The Kier molecular flexibility index (Phi) is 4.47. The lowest BCUT2D eigenvalue weighted by molar-refractivity contribution is 0.598. The number of nitrogens with zero attached hydrogens (tertiary/aromatic N) is 1. The second-order valence-corrected chi connectivity index (χ2v) is 8.67. The van der Waals surface area contributed by atoms with Crippen LogP contribution in [0, 0.1) is 6.92 Å². The summed E-state index contributed by atoms with van der Waals surface area (Å²) in [6, 6.07) is 21.3. The maximum absolute atomic E-state index is 11.5. The van der Waals surface area contributed by atoms with Crippen molar-refractivity contribution in [3.8, 4) is 28.1 Å². The van der Waals surface area contributed by atoms with Crippen molar-refractivity contribution in [1.82, 2.24) is 4.57 Å². The molecular weight excluding hydrogens is 376 g/mol. The topological polar surface area (TPSA) is 65.1 Å². The summed E-state index contributed by atoms with van der Waals surface area (Å²) >= 11 is 1.69. The van der Waals surface area contributed by atoms with E-state index in [0.29, 0.717) is 0 Å². The fourth-order valence-electron chi connectivity index (χ4n) is 3.15. The molecule has 0 saturated carbocycles. The lowest BCUT2D eigenvalue weighted by Gasteiger charge is -2.13. The number of thiophene rings is 1. The monoisotopic (exact) mass is 394 g/mol. The van der Waals surface area contributed by atoms with E-state index in [2.05, 4.69) is 57.8 Å². The van der Waals surface area contributed by atoms with Gasteiger partial charge in [-0.1, -0.05) is 24.3 Å². The highest BCUT2D eigenvalue weighted by atomic mass is 32.2. The minimum Gasteiger partial charge on any atom is -0.314 e. The molecule has 0 spiro atoms. The number of aryl methyl sites for hydroxylation is 1. The summed E-state index contributed by atoms with van der Waals surface area (Å²) in [6.07, 6.45) is 0. The first-order valence-electron chi connectivity index (χ1n) is 8.38. The van der Waals surface area contributed by atoms with Gasteiger partial charge in [0.05, 0.1) is 10.6 Å². The average molecular weight is 395 g/mol. The summed E-state index contributed by atoms with van der Waals surface area (Å²) in [5, 5.41) is 9.40. The van der Waals surface area contributed by atoms with Crippen molar-refractivity contribution in [2.75, 3.05) is 0 Å². The predicted molar refractivity (Wildman–Crippen MR) is 111 cm³/mol. The minimum atomic E-state index is -3.70. The van der Waals surface area contributed by atoms with Crippen LogP contribution in [0.3, 0.4) is 0 Å². The van der Waals surface area contributed by atoms with Crippen LogP contribution in [0.25, 0.3) is 28.1 Å². The molecule has 2 heterocycles. The fraction of sp³-hybridized carbons (Fsp3) is 0.0476. The number of nitrogens with two attached hydrogens (primary N) is 1. The van der Waals surface area contributed by atoms with Gasteiger partial charge < -0.3 is 4.57 Å². The second-order valence-electron chi connectivity index (χ2n) is 6.32. The van der Waals surface area contributed by atoms with E-state index in [0.717, 1.165) is 22.6 Å². The van der Waals surface area contributed by atoms with Crippen LogP contribution >= 0.6 is 11.3 Å². The number of hydrogen-bond acceptors (Lipinski definition) is 3. The van der Waals surface area contributed by atoms with E-state index in [-0.39, 0.29) is 4.90 Å². The largest absolute Gasteiger partial charge is 0.314 e. The molecule has 0 aliphatic rings. The van der Waals surface area contributed by atoms with Gasteiger partial charge in [0, 0.05) is 11.4 Å². The molecule has 136 valence electrons. The Morgan fingerprint density at radius 3 is 2.07 bits per heavy atom. The third kappa shape index (κ3) is 3.47. The van der Waals surface area contributed by atoms with Crippen LogP contribution in [0.2, 0.25) is 0 Å². The first kappa shape index (κ1) is 17.7. The van der Waals surface area contributed by atoms with Crippen molar-refractivity contribution >= 4 is 21.4 Å². The lowest BCUT2D eigenvalue weighted by atomic mass is 10.1. The average Bonchev–Trinajstić information content (AvgIpc) is 3.31. The third-order valence-corrected chi connectivity index (χ3v) is 6.15. The molecule has 2 aromatic carbocycles. The first-order valence-corrected chi connectivity index (χ1v) is 10.9. The fourth-order valence-corrected chi connectivity index (χ4v) is 4.33. The van der Waals surface area contributed by atoms with Gasteiger partial charge >= 0.3 is 0 Å². The molecule has 2 N–H and O–H groups in total. The van der Waals surface area contributed by atoms with Gasteiger partial charge in [0.25, 0.3) is 0 Å². The molecule has 2 aromatic heterocycles. The Labute approximate surface area is 162 Å². The molecule has 0 amide bonds. The van der Waals surface area contributed by atoms with Crippen molar-refractivity contribution in [2.24, 2.45) is 5.14 Å². The van der Waals surface area contributed by atoms with Crippen molar-refractivity contribution in [2.45, 2.75) is 11.8 Å². The number of hydrogen-bond donors (Lipinski definition) is 1. The van der Waals surface area contributed by atoms with E-state index in [9.17, 15) is 8.42 Å². The van der Waals surface area contributed by atoms with Crippen LogP contribution < -0.4 is 5.14 Å². The molecule has 0 unspecified atom stereocenters. The van der Waals surface area contributed by atoms with Crippen molar-refractivity contribution < 1.29 is 8.42 Å². The highest BCUT2D eigenvalue weighted by Crippen LogP contribution is 2.29. The lowest BCUT2D eigenvalue weighted by Crippen LogP contribution is -2.12. The molecule has 4 aromatic rings. The summed E-state index contributed by atoms with van der Waals surface area (Å²) in [5.74, 6) is 0. The van der Waals surface area contributed by atoms with E-state index < -0.39 is 10.0 Å². The summed E-state index contributed by atoms with van der Waals surface area (Å²) in [6.45, 7) is 2.02. The van der Waals surface area contributed by atoms with Crippen LogP contribution in [0.1, 0.15) is 5.69 Å². The molecule has 0 fully saturated rings. The van der Waals surface area contributed by atoms with Gasteiger partial charge in [0.1, 0.15) is 0 Å². The molecule has 4 nitrogen and oxygen atoms in total. The maximum atomic E-state index is 11.5. The van der Waals surface area contributed by atoms with Crippen molar-refractivity contribution in [3.63, 3.8) is 0 Å². The molecule has 27 heavy (non-hydrogen) atoms. The summed E-state index contributed by atoms with van der Waals surface area (Å²) < 4.78 is 25.1.